The topological polar surface area (TPSA) is 53.9 Å². The summed E-state index contributed by atoms with van der Waals surface area (Å²) in [4.78, 5) is 27.0. The highest BCUT2D eigenvalue weighted by Gasteiger charge is 2.22. The Labute approximate surface area is 162 Å². The molecule has 2 aromatic rings. The van der Waals surface area contributed by atoms with E-state index in [9.17, 15) is 14.0 Å². The van der Waals surface area contributed by atoms with Crippen molar-refractivity contribution < 1.29 is 18.9 Å². The van der Waals surface area contributed by atoms with E-state index in [0.717, 1.165) is 31.9 Å². The molecule has 7 heteroatoms. The van der Waals surface area contributed by atoms with Gasteiger partial charge in [-0.1, -0.05) is 11.6 Å². The number of nitrogens with one attached hydrogen (secondary N) is 2. The van der Waals surface area contributed by atoms with E-state index in [1.807, 2.05) is 24.3 Å². The fourth-order valence-corrected chi connectivity index (χ4v) is 3.39. The lowest BCUT2D eigenvalue weighted by molar-refractivity contribution is -0.892. The Morgan fingerprint density at radius 1 is 1.15 bits per heavy atom. The van der Waals surface area contributed by atoms with E-state index >= 15 is 0 Å². The van der Waals surface area contributed by atoms with Gasteiger partial charge in [0.25, 0.3) is 5.91 Å². The van der Waals surface area contributed by atoms with Crippen LogP contribution >= 0.6 is 11.6 Å². The molecule has 0 unspecified atom stereocenters. The standard InChI is InChI=1S/C20H21ClFN3O2/c1-14(26)15-2-5-17(6-3-15)25-10-8-24(9-11-25)13-20(27)23-19-7-4-16(22)12-18(19)21/h2-7,12H,8-11,13H2,1H3,(H,23,27)/p+1. The normalized spacial score (nSPS) is 14.9. The quantitative estimate of drug-likeness (QED) is 0.768. The minimum Gasteiger partial charge on any atom is -0.360 e. The van der Waals surface area contributed by atoms with Crippen molar-refractivity contribution in [2.75, 3.05) is 42.9 Å². The second-order valence-corrected chi connectivity index (χ2v) is 7.10. The van der Waals surface area contributed by atoms with E-state index in [0.29, 0.717) is 17.8 Å². The number of nitrogens with zero attached hydrogens (tertiary/aromatic N) is 1. The van der Waals surface area contributed by atoms with Crippen molar-refractivity contribution in [2.24, 2.45) is 0 Å². The molecular formula is C20H22ClFN3O2+. The van der Waals surface area contributed by atoms with Crippen molar-refractivity contribution in [3.63, 3.8) is 0 Å². The van der Waals surface area contributed by atoms with Crippen LogP contribution in [0.25, 0.3) is 0 Å². The maximum absolute atomic E-state index is 13.1. The summed E-state index contributed by atoms with van der Waals surface area (Å²) >= 11 is 5.94. The number of hydrogen-bond donors (Lipinski definition) is 2. The number of rotatable bonds is 5. The first-order valence-electron chi connectivity index (χ1n) is 8.87. The van der Waals surface area contributed by atoms with Gasteiger partial charge < -0.3 is 15.1 Å². The van der Waals surface area contributed by atoms with Crippen LogP contribution in [0.5, 0.6) is 0 Å². The number of ketones is 1. The third kappa shape index (κ3) is 5.05. The Bertz CT molecular complexity index is 834. The van der Waals surface area contributed by atoms with E-state index in [4.69, 9.17) is 11.6 Å². The van der Waals surface area contributed by atoms with Crippen molar-refractivity contribution in [1.82, 2.24) is 0 Å². The largest absolute Gasteiger partial charge is 0.360 e. The molecule has 0 aromatic heterocycles. The van der Waals surface area contributed by atoms with Crippen molar-refractivity contribution in [3.05, 3.63) is 58.9 Å². The molecule has 0 radical (unpaired) electrons. The average Bonchev–Trinajstić information content (AvgIpc) is 2.65. The van der Waals surface area contributed by atoms with Gasteiger partial charge >= 0.3 is 0 Å². The predicted molar refractivity (Wildman–Crippen MR) is 104 cm³/mol. The lowest BCUT2D eigenvalue weighted by Gasteiger charge is -2.33. The number of carbonyl (C=O) groups is 2. The third-order valence-electron chi connectivity index (χ3n) is 4.73. The van der Waals surface area contributed by atoms with Gasteiger partial charge in [0.15, 0.2) is 12.3 Å². The molecule has 1 fully saturated rings. The minimum atomic E-state index is -0.434. The van der Waals surface area contributed by atoms with Crippen LogP contribution < -0.4 is 15.1 Å². The molecule has 1 heterocycles. The molecule has 0 spiro atoms. The number of Topliss-reactive ketones (excluding diaryl/α,β-unsaturated/α-hetero) is 1. The summed E-state index contributed by atoms with van der Waals surface area (Å²) in [5.41, 5.74) is 2.22. The van der Waals surface area contributed by atoms with Crippen LogP contribution in [0, 0.1) is 5.82 Å². The molecule has 0 aliphatic carbocycles. The molecule has 2 aromatic carbocycles. The fraction of sp³-hybridized carbons (Fsp3) is 0.300. The molecule has 1 aliphatic rings. The maximum atomic E-state index is 13.1. The fourth-order valence-electron chi connectivity index (χ4n) is 3.18. The summed E-state index contributed by atoms with van der Waals surface area (Å²) in [6.45, 7) is 5.23. The van der Waals surface area contributed by atoms with E-state index in [1.54, 1.807) is 6.92 Å². The molecule has 0 saturated carbocycles. The number of anilines is 2. The lowest BCUT2D eigenvalue weighted by Crippen LogP contribution is -3.15. The summed E-state index contributed by atoms with van der Waals surface area (Å²) in [7, 11) is 0. The van der Waals surface area contributed by atoms with Gasteiger partial charge in [0, 0.05) is 11.3 Å². The Hall–Kier alpha value is -2.44. The third-order valence-corrected chi connectivity index (χ3v) is 5.04. The van der Waals surface area contributed by atoms with E-state index in [-0.39, 0.29) is 16.7 Å². The van der Waals surface area contributed by atoms with Gasteiger partial charge in [-0.3, -0.25) is 9.59 Å². The summed E-state index contributed by atoms with van der Waals surface area (Å²) in [5.74, 6) is -0.517. The van der Waals surface area contributed by atoms with Gasteiger partial charge in [0.1, 0.15) is 5.82 Å². The Morgan fingerprint density at radius 3 is 2.41 bits per heavy atom. The van der Waals surface area contributed by atoms with Gasteiger partial charge in [0.05, 0.1) is 36.9 Å². The first-order valence-corrected chi connectivity index (χ1v) is 9.24. The highest BCUT2D eigenvalue weighted by molar-refractivity contribution is 6.33. The molecule has 1 aliphatic heterocycles. The Morgan fingerprint density at radius 2 is 1.81 bits per heavy atom. The zero-order valence-electron chi connectivity index (χ0n) is 15.1. The number of piperazine rings is 1. The molecule has 3 rings (SSSR count). The second kappa shape index (κ2) is 8.50. The zero-order valence-corrected chi connectivity index (χ0v) is 15.9. The van der Waals surface area contributed by atoms with Gasteiger partial charge in [-0.15, -0.1) is 0 Å². The smallest absolute Gasteiger partial charge is 0.279 e. The number of carbonyl (C=O) groups excluding carboxylic acids is 2. The van der Waals surface area contributed by atoms with Gasteiger partial charge in [-0.2, -0.15) is 0 Å². The van der Waals surface area contributed by atoms with Crippen LogP contribution in [0.1, 0.15) is 17.3 Å². The lowest BCUT2D eigenvalue weighted by atomic mass is 10.1. The number of benzene rings is 2. The van der Waals surface area contributed by atoms with Crippen LogP contribution in [0.2, 0.25) is 5.02 Å². The molecular weight excluding hydrogens is 369 g/mol. The maximum Gasteiger partial charge on any atom is 0.279 e. The molecule has 142 valence electrons. The van der Waals surface area contributed by atoms with Crippen molar-refractivity contribution >= 4 is 34.7 Å². The van der Waals surface area contributed by atoms with E-state index < -0.39 is 5.82 Å². The highest BCUT2D eigenvalue weighted by atomic mass is 35.5. The van der Waals surface area contributed by atoms with E-state index in [2.05, 4.69) is 10.2 Å². The summed E-state index contributed by atoms with van der Waals surface area (Å²) in [6.07, 6.45) is 0. The zero-order chi connectivity index (χ0) is 19.4. The number of quaternary nitrogens is 1. The molecule has 27 heavy (non-hydrogen) atoms. The Balaban J connectivity index is 1.50. The average molecular weight is 391 g/mol. The van der Waals surface area contributed by atoms with E-state index in [1.165, 1.54) is 23.1 Å². The van der Waals surface area contributed by atoms with Crippen LogP contribution in [0.3, 0.4) is 0 Å². The molecule has 2 N–H and O–H groups in total. The molecule has 0 atom stereocenters. The summed E-state index contributed by atoms with van der Waals surface area (Å²) in [6, 6.07) is 11.5. The number of halogens is 2. The van der Waals surface area contributed by atoms with Crippen molar-refractivity contribution in [3.8, 4) is 0 Å². The first-order chi connectivity index (χ1) is 12.9. The molecule has 1 saturated heterocycles. The minimum absolute atomic E-state index is 0.0584. The molecule has 5 nitrogen and oxygen atoms in total. The Kier molecular flexibility index (Phi) is 6.08. The first kappa shape index (κ1) is 19.3. The SMILES string of the molecule is CC(=O)c1ccc(N2CC[NH+](CC(=O)Nc3ccc(F)cc3Cl)CC2)cc1. The summed E-state index contributed by atoms with van der Waals surface area (Å²) < 4.78 is 13.1. The van der Waals surface area contributed by atoms with Crippen molar-refractivity contribution in [2.45, 2.75) is 6.92 Å². The van der Waals surface area contributed by atoms with Gasteiger partial charge in [0.2, 0.25) is 0 Å². The number of hydrogen-bond acceptors (Lipinski definition) is 3. The van der Waals surface area contributed by atoms with Crippen LogP contribution in [0.15, 0.2) is 42.5 Å². The highest BCUT2D eigenvalue weighted by Crippen LogP contribution is 2.22. The van der Waals surface area contributed by atoms with Gasteiger partial charge in [-0.05, 0) is 49.4 Å². The van der Waals surface area contributed by atoms with Crippen molar-refractivity contribution in [1.29, 1.82) is 0 Å². The monoisotopic (exact) mass is 390 g/mol. The predicted octanol–water partition coefficient (Wildman–Crippen LogP) is 2.03. The molecule has 1 amide bonds. The van der Waals surface area contributed by atoms with Gasteiger partial charge in [-0.25, -0.2) is 4.39 Å². The second-order valence-electron chi connectivity index (χ2n) is 6.69. The number of amides is 1. The molecule has 0 bridgehead atoms. The van der Waals surface area contributed by atoms with Crippen LogP contribution in [-0.4, -0.2) is 44.4 Å². The van der Waals surface area contributed by atoms with Crippen LogP contribution in [-0.2, 0) is 4.79 Å². The summed E-state index contributed by atoms with van der Waals surface area (Å²) in [5, 5.41) is 2.93. The van der Waals surface area contributed by atoms with Crippen LogP contribution in [0.4, 0.5) is 15.8 Å².